The summed E-state index contributed by atoms with van der Waals surface area (Å²) in [5.74, 6) is -1.02. The maximum absolute atomic E-state index is 12.1. The minimum absolute atomic E-state index is 0.0837. The van der Waals surface area contributed by atoms with Crippen molar-refractivity contribution in [3.63, 3.8) is 0 Å². The largest absolute Gasteiger partial charge is 0.480 e. The Kier molecular flexibility index (Phi) is 6.45. The van der Waals surface area contributed by atoms with E-state index in [-0.39, 0.29) is 12.5 Å². The van der Waals surface area contributed by atoms with Crippen LogP contribution in [0.5, 0.6) is 0 Å². The van der Waals surface area contributed by atoms with Gasteiger partial charge in [0, 0.05) is 11.9 Å². The van der Waals surface area contributed by atoms with Crippen molar-refractivity contribution in [1.29, 1.82) is 0 Å². The SMILES string of the molecule is CCC(C(=O)O)N(C)CC(=O)N(C)Cc1ccc(Cl)s1. The topological polar surface area (TPSA) is 60.9 Å². The lowest BCUT2D eigenvalue weighted by atomic mass is 10.2. The Morgan fingerprint density at radius 2 is 2.05 bits per heavy atom. The quantitative estimate of drug-likeness (QED) is 0.837. The van der Waals surface area contributed by atoms with Gasteiger partial charge in [-0.2, -0.15) is 0 Å². The first-order chi connectivity index (χ1) is 9.35. The number of amides is 1. The van der Waals surface area contributed by atoms with Crippen molar-refractivity contribution < 1.29 is 14.7 Å². The number of carbonyl (C=O) groups excluding carboxylic acids is 1. The zero-order valence-corrected chi connectivity index (χ0v) is 13.4. The molecule has 1 aromatic heterocycles. The minimum Gasteiger partial charge on any atom is -0.480 e. The first-order valence-corrected chi connectivity index (χ1v) is 7.45. The fourth-order valence-electron chi connectivity index (χ4n) is 1.88. The fourth-order valence-corrected chi connectivity index (χ4v) is 3.02. The molecular formula is C13H19ClN2O3S. The van der Waals surface area contributed by atoms with Crippen LogP contribution >= 0.6 is 22.9 Å². The first kappa shape index (κ1) is 16.9. The minimum atomic E-state index is -0.907. The summed E-state index contributed by atoms with van der Waals surface area (Å²) in [6.07, 6.45) is 0.462. The molecule has 1 amide bonds. The molecule has 1 rings (SSSR count). The predicted molar refractivity (Wildman–Crippen MR) is 80.1 cm³/mol. The van der Waals surface area contributed by atoms with Crippen molar-refractivity contribution in [2.45, 2.75) is 25.9 Å². The van der Waals surface area contributed by atoms with E-state index in [1.165, 1.54) is 11.3 Å². The summed E-state index contributed by atoms with van der Waals surface area (Å²) in [4.78, 5) is 27.2. The third-order valence-corrected chi connectivity index (χ3v) is 4.25. The van der Waals surface area contributed by atoms with E-state index in [0.29, 0.717) is 17.3 Å². The second-order valence-electron chi connectivity index (χ2n) is 4.63. The molecule has 0 aromatic carbocycles. The Balaban J connectivity index is 2.54. The van der Waals surface area contributed by atoms with E-state index >= 15 is 0 Å². The molecule has 112 valence electrons. The Bertz CT molecular complexity index is 478. The van der Waals surface area contributed by atoms with E-state index in [4.69, 9.17) is 16.7 Å². The van der Waals surface area contributed by atoms with Gasteiger partial charge in [0.25, 0.3) is 0 Å². The highest BCUT2D eigenvalue weighted by Gasteiger charge is 2.23. The average Bonchev–Trinajstić information content (AvgIpc) is 2.74. The fraction of sp³-hybridized carbons (Fsp3) is 0.538. The number of likely N-dealkylation sites (N-methyl/N-ethyl adjacent to an activating group) is 2. The predicted octanol–water partition coefficient (Wildman–Crippen LogP) is 2.15. The van der Waals surface area contributed by atoms with Crippen LogP contribution in [0.1, 0.15) is 18.2 Å². The molecule has 1 N–H and O–H groups in total. The molecule has 0 aliphatic heterocycles. The van der Waals surface area contributed by atoms with E-state index in [0.717, 1.165) is 4.88 Å². The third kappa shape index (κ3) is 4.77. The molecule has 1 atom stereocenters. The van der Waals surface area contributed by atoms with Crippen LogP contribution in [0.15, 0.2) is 12.1 Å². The Hall–Kier alpha value is -1.11. The number of rotatable bonds is 7. The molecule has 0 aliphatic rings. The highest BCUT2D eigenvalue weighted by Crippen LogP contribution is 2.22. The van der Waals surface area contributed by atoms with Crippen molar-refractivity contribution in [2.75, 3.05) is 20.6 Å². The second-order valence-corrected chi connectivity index (χ2v) is 6.43. The maximum Gasteiger partial charge on any atom is 0.320 e. The van der Waals surface area contributed by atoms with E-state index in [2.05, 4.69) is 0 Å². The van der Waals surface area contributed by atoms with Crippen molar-refractivity contribution in [1.82, 2.24) is 9.80 Å². The van der Waals surface area contributed by atoms with Gasteiger partial charge < -0.3 is 10.0 Å². The number of carboxylic acid groups (broad SMARTS) is 1. The van der Waals surface area contributed by atoms with Gasteiger partial charge in [-0.25, -0.2) is 0 Å². The molecule has 0 saturated heterocycles. The Morgan fingerprint density at radius 3 is 2.50 bits per heavy atom. The van der Waals surface area contributed by atoms with Gasteiger partial charge in [0.1, 0.15) is 6.04 Å². The summed E-state index contributed by atoms with van der Waals surface area (Å²) in [6.45, 7) is 2.35. The Morgan fingerprint density at radius 1 is 1.40 bits per heavy atom. The summed E-state index contributed by atoms with van der Waals surface area (Å²) in [5.41, 5.74) is 0. The van der Waals surface area contributed by atoms with Gasteiger partial charge in [-0.3, -0.25) is 14.5 Å². The molecule has 20 heavy (non-hydrogen) atoms. The molecule has 1 aromatic rings. The molecule has 0 aliphatic carbocycles. The van der Waals surface area contributed by atoms with E-state index in [1.807, 2.05) is 6.07 Å². The number of halogens is 1. The van der Waals surface area contributed by atoms with Crippen molar-refractivity contribution in [2.24, 2.45) is 0 Å². The normalized spacial score (nSPS) is 12.4. The summed E-state index contributed by atoms with van der Waals surface area (Å²) in [5, 5.41) is 9.05. The van der Waals surface area contributed by atoms with E-state index < -0.39 is 12.0 Å². The van der Waals surface area contributed by atoms with Crippen molar-refractivity contribution in [3.8, 4) is 0 Å². The summed E-state index contributed by atoms with van der Waals surface area (Å²) in [6, 6.07) is 3.04. The molecule has 7 heteroatoms. The number of thiophene rings is 1. The molecule has 0 radical (unpaired) electrons. The second kappa shape index (κ2) is 7.61. The first-order valence-electron chi connectivity index (χ1n) is 6.26. The maximum atomic E-state index is 12.1. The van der Waals surface area contributed by atoms with Crippen LogP contribution in [0.4, 0.5) is 0 Å². The lowest BCUT2D eigenvalue weighted by Crippen LogP contribution is -2.44. The zero-order chi connectivity index (χ0) is 15.3. The van der Waals surface area contributed by atoms with Crippen LogP contribution < -0.4 is 0 Å². The van der Waals surface area contributed by atoms with Gasteiger partial charge in [0.2, 0.25) is 5.91 Å². The lowest BCUT2D eigenvalue weighted by molar-refractivity contribution is -0.144. The molecule has 0 spiro atoms. The average molecular weight is 319 g/mol. The molecule has 1 heterocycles. The summed E-state index contributed by atoms with van der Waals surface area (Å²) < 4.78 is 0.690. The molecule has 1 unspecified atom stereocenters. The monoisotopic (exact) mass is 318 g/mol. The van der Waals surface area contributed by atoms with Crippen LogP contribution in [0, 0.1) is 0 Å². The summed E-state index contributed by atoms with van der Waals surface area (Å²) in [7, 11) is 3.35. The molecule has 0 fully saturated rings. The van der Waals surface area contributed by atoms with Gasteiger partial charge in [0.05, 0.1) is 17.4 Å². The smallest absolute Gasteiger partial charge is 0.320 e. The van der Waals surface area contributed by atoms with Crippen LogP contribution in [-0.4, -0.2) is 53.5 Å². The van der Waals surface area contributed by atoms with E-state index in [9.17, 15) is 9.59 Å². The number of carboxylic acids is 1. The van der Waals surface area contributed by atoms with Crippen LogP contribution in [-0.2, 0) is 16.1 Å². The van der Waals surface area contributed by atoms with Crippen LogP contribution in [0.2, 0.25) is 4.34 Å². The Labute approximate surface area is 127 Å². The molecule has 0 bridgehead atoms. The van der Waals surface area contributed by atoms with Crippen LogP contribution in [0.3, 0.4) is 0 Å². The standard InChI is InChI=1S/C13H19ClN2O3S/c1-4-10(13(18)19)15(2)8-12(17)16(3)7-9-5-6-11(14)20-9/h5-6,10H,4,7-8H2,1-3H3,(H,18,19). The highest BCUT2D eigenvalue weighted by atomic mass is 35.5. The number of carbonyl (C=O) groups is 2. The molecular weight excluding hydrogens is 300 g/mol. The number of hydrogen-bond donors (Lipinski definition) is 1. The highest BCUT2D eigenvalue weighted by molar-refractivity contribution is 7.16. The zero-order valence-electron chi connectivity index (χ0n) is 11.8. The van der Waals surface area contributed by atoms with Gasteiger partial charge in [-0.15, -0.1) is 11.3 Å². The van der Waals surface area contributed by atoms with Crippen molar-refractivity contribution >= 4 is 34.8 Å². The van der Waals surface area contributed by atoms with Crippen molar-refractivity contribution in [3.05, 3.63) is 21.3 Å². The summed E-state index contributed by atoms with van der Waals surface area (Å²) >= 11 is 7.28. The number of nitrogens with zero attached hydrogens (tertiary/aromatic N) is 2. The number of hydrogen-bond acceptors (Lipinski definition) is 4. The molecule has 5 nitrogen and oxygen atoms in total. The number of aliphatic carboxylic acids is 1. The molecule has 0 saturated carbocycles. The van der Waals surface area contributed by atoms with Gasteiger partial charge in [-0.1, -0.05) is 18.5 Å². The van der Waals surface area contributed by atoms with Gasteiger partial charge >= 0.3 is 5.97 Å². The lowest BCUT2D eigenvalue weighted by Gasteiger charge is -2.25. The van der Waals surface area contributed by atoms with Crippen LogP contribution in [0.25, 0.3) is 0 Å². The van der Waals surface area contributed by atoms with Gasteiger partial charge in [0.15, 0.2) is 0 Å². The van der Waals surface area contributed by atoms with Gasteiger partial charge in [-0.05, 0) is 25.6 Å². The van der Waals surface area contributed by atoms with E-state index in [1.54, 1.807) is 36.9 Å². The third-order valence-electron chi connectivity index (χ3n) is 3.04.